The predicted molar refractivity (Wildman–Crippen MR) is 101 cm³/mol. The monoisotopic (exact) mass is 362 g/mol. The molecule has 5 nitrogen and oxygen atoms in total. The van der Waals surface area contributed by atoms with Crippen LogP contribution in [0, 0.1) is 0 Å². The molecular weight excluding hydrogens is 340 g/mol. The molecule has 1 aliphatic rings. The average molecular weight is 363 g/mol. The van der Waals surface area contributed by atoms with Gasteiger partial charge in [0.15, 0.2) is 0 Å². The lowest BCUT2D eigenvalue weighted by atomic mass is 9.87. The summed E-state index contributed by atoms with van der Waals surface area (Å²) in [6.07, 6.45) is 2.93. The van der Waals surface area contributed by atoms with Crippen LogP contribution >= 0.6 is 12.4 Å². The van der Waals surface area contributed by atoms with Crippen molar-refractivity contribution in [2.45, 2.75) is 25.3 Å². The van der Waals surface area contributed by atoms with Crippen LogP contribution in [0.5, 0.6) is 11.5 Å². The second kappa shape index (κ2) is 8.12. The van der Waals surface area contributed by atoms with Crippen LogP contribution < -0.4 is 20.5 Å². The summed E-state index contributed by atoms with van der Waals surface area (Å²) in [5.74, 6) is 0.986. The fourth-order valence-electron chi connectivity index (χ4n) is 3.21. The van der Waals surface area contributed by atoms with Crippen molar-refractivity contribution in [1.29, 1.82) is 0 Å². The van der Waals surface area contributed by atoms with E-state index in [9.17, 15) is 4.79 Å². The zero-order chi connectivity index (χ0) is 17.1. The highest BCUT2D eigenvalue weighted by Crippen LogP contribution is 2.32. The summed E-state index contributed by atoms with van der Waals surface area (Å²) in [5.41, 5.74) is 9.46. The van der Waals surface area contributed by atoms with Crippen LogP contribution in [0.15, 0.2) is 36.4 Å². The molecule has 134 valence electrons. The van der Waals surface area contributed by atoms with Crippen molar-refractivity contribution in [2.75, 3.05) is 20.0 Å². The molecule has 1 aliphatic carbocycles. The molecule has 3 N–H and O–H groups in total. The second-order valence-electron chi connectivity index (χ2n) is 5.94. The molecule has 3 rings (SSSR count). The number of aryl methyl sites for hydroxylation is 1. The van der Waals surface area contributed by atoms with Gasteiger partial charge in [-0.1, -0.05) is 6.07 Å². The van der Waals surface area contributed by atoms with E-state index in [-0.39, 0.29) is 24.4 Å². The lowest BCUT2D eigenvalue weighted by molar-refractivity contribution is 0.0929. The van der Waals surface area contributed by atoms with Gasteiger partial charge in [0.1, 0.15) is 11.5 Å². The van der Waals surface area contributed by atoms with Crippen LogP contribution in [0.25, 0.3) is 0 Å². The third kappa shape index (κ3) is 3.99. The Bertz CT molecular complexity index is 764. The SMILES string of the molecule is COc1ccc(OC)c(C(=O)NC2CCCc3cc(N)ccc32)c1.Cl. The maximum atomic E-state index is 12.8. The molecule has 0 radical (unpaired) electrons. The third-order valence-corrected chi connectivity index (χ3v) is 4.44. The molecule has 2 aromatic rings. The Kier molecular flexibility index (Phi) is 6.15. The predicted octanol–water partition coefficient (Wildman–Crippen LogP) is 3.52. The fraction of sp³-hybridized carbons (Fsp3) is 0.316. The van der Waals surface area contributed by atoms with E-state index < -0.39 is 0 Å². The highest BCUT2D eigenvalue weighted by atomic mass is 35.5. The molecule has 1 amide bonds. The minimum absolute atomic E-state index is 0. The zero-order valence-electron chi connectivity index (χ0n) is 14.4. The van der Waals surface area contributed by atoms with Crippen LogP contribution in [0.2, 0.25) is 0 Å². The van der Waals surface area contributed by atoms with Gasteiger partial charge in [0.2, 0.25) is 0 Å². The maximum absolute atomic E-state index is 12.8. The number of halogens is 1. The molecule has 2 aromatic carbocycles. The number of benzene rings is 2. The van der Waals surface area contributed by atoms with Gasteiger partial charge in [-0.15, -0.1) is 12.4 Å². The zero-order valence-corrected chi connectivity index (χ0v) is 15.2. The lowest BCUT2D eigenvalue weighted by Crippen LogP contribution is -2.31. The number of nitrogen functional groups attached to an aromatic ring is 1. The lowest BCUT2D eigenvalue weighted by Gasteiger charge is -2.27. The van der Waals surface area contributed by atoms with Crippen molar-refractivity contribution < 1.29 is 14.3 Å². The van der Waals surface area contributed by atoms with Crippen LogP contribution in [-0.4, -0.2) is 20.1 Å². The first-order valence-electron chi connectivity index (χ1n) is 8.03. The summed E-state index contributed by atoms with van der Waals surface area (Å²) >= 11 is 0. The van der Waals surface area contributed by atoms with Gasteiger partial charge in [0.25, 0.3) is 5.91 Å². The van der Waals surface area contributed by atoms with Gasteiger partial charge in [0.05, 0.1) is 25.8 Å². The smallest absolute Gasteiger partial charge is 0.255 e. The summed E-state index contributed by atoms with van der Waals surface area (Å²) in [6, 6.07) is 11.1. The summed E-state index contributed by atoms with van der Waals surface area (Å²) in [5, 5.41) is 3.12. The van der Waals surface area contributed by atoms with Crippen molar-refractivity contribution in [2.24, 2.45) is 0 Å². The van der Waals surface area contributed by atoms with E-state index in [0.29, 0.717) is 17.1 Å². The van der Waals surface area contributed by atoms with Gasteiger partial charge in [-0.25, -0.2) is 0 Å². The Labute approximate surface area is 153 Å². The molecule has 1 unspecified atom stereocenters. The maximum Gasteiger partial charge on any atom is 0.255 e. The number of carbonyl (C=O) groups excluding carboxylic acids is 1. The normalized spacial score (nSPS) is 15.5. The van der Waals surface area contributed by atoms with Crippen LogP contribution in [-0.2, 0) is 6.42 Å². The first-order chi connectivity index (χ1) is 11.6. The number of carbonyl (C=O) groups is 1. The largest absolute Gasteiger partial charge is 0.497 e. The standard InChI is InChI=1S/C19H22N2O3.ClH/c1-23-14-7-9-18(24-2)16(11-14)19(22)21-17-5-3-4-12-10-13(20)6-8-15(12)17;/h6-11,17H,3-5,20H2,1-2H3,(H,21,22);1H. The number of nitrogens with two attached hydrogens (primary N) is 1. The number of fused-ring (bicyclic) bond motifs is 1. The average Bonchev–Trinajstić information content (AvgIpc) is 2.61. The van der Waals surface area contributed by atoms with Crippen LogP contribution in [0.4, 0.5) is 5.69 Å². The van der Waals surface area contributed by atoms with E-state index in [1.807, 2.05) is 18.2 Å². The number of nitrogens with one attached hydrogen (secondary N) is 1. The number of amides is 1. The number of hydrogen-bond acceptors (Lipinski definition) is 4. The fourth-order valence-corrected chi connectivity index (χ4v) is 3.21. The second-order valence-corrected chi connectivity index (χ2v) is 5.94. The highest BCUT2D eigenvalue weighted by molar-refractivity contribution is 5.97. The topological polar surface area (TPSA) is 73.6 Å². The Morgan fingerprint density at radius 1 is 1.16 bits per heavy atom. The van der Waals surface area contributed by atoms with Crippen molar-refractivity contribution in [3.05, 3.63) is 53.1 Å². The number of ether oxygens (including phenoxy) is 2. The quantitative estimate of drug-likeness (QED) is 0.816. The van der Waals surface area contributed by atoms with Gasteiger partial charge in [-0.3, -0.25) is 4.79 Å². The highest BCUT2D eigenvalue weighted by Gasteiger charge is 2.24. The molecule has 0 heterocycles. The minimum atomic E-state index is -0.166. The molecule has 25 heavy (non-hydrogen) atoms. The van der Waals surface area contributed by atoms with E-state index in [4.69, 9.17) is 15.2 Å². The summed E-state index contributed by atoms with van der Waals surface area (Å²) in [6.45, 7) is 0. The molecular formula is C19H23ClN2O3. The Morgan fingerprint density at radius 2 is 1.96 bits per heavy atom. The Hall–Kier alpha value is -2.40. The number of hydrogen-bond donors (Lipinski definition) is 2. The van der Waals surface area contributed by atoms with Gasteiger partial charge < -0.3 is 20.5 Å². The van der Waals surface area contributed by atoms with Gasteiger partial charge in [0, 0.05) is 5.69 Å². The number of methoxy groups -OCH3 is 2. The molecule has 0 fully saturated rings. The molecule has 0 bridgehead atoms. The van der Waals surface area contributed by atoms with Gasteiger partial charge in [-0.05, 0) is 60.7 Å². The van der Waals surface area contributed by atoms with Crippen molar-refractivity contribution in [3.63, 3.8) is 0 Å². The molecule has 6 heteroatoms. The van der Waals surface area contributed by atoms with E-state index in [1.165, 1.54) is 5.56 Å². The number of rotatable bonds is 4. The van der Waals surface area contributed by atoms with Crippen molar-refractivity contribution in [1.82, 2.24) is 5.32 Å². The molecule has 0 aliphatic heterocycles. The first kappa shape index (κ1) is 18.9. The molecule has 1 atom stereocenters. The third-order valence-electron chi connectivity index (χ3n) is 4.44. The first-order valence-corrected chi connectivity index (χ1v) is 8.03. The summed E-state index contributed by atoms with van der Waals surface area (Å²) in [7, 11) is 3.13. The molecule has 0 saturated carbocycles. The molecule has 0 aromatic heterocycles. The minimum Gasteiger partial charge on any atom is -0.497 e. The number of anilines is 1. The molecule has 0 spiro atoms. The summed E-state index contributed by atoms with van der Waals surface area (Å²) in [4.78, 5) is 12.8. The Balaban J connectivity index is 0.00000225. The molecule has 0 saturated heterocycles. The van der Waals surface area contributed by atoms with Crippen LogP contribution in [0.1, 0.15) is 40.4 Å². The summed E-state index contributed by atoms with van der Waals surface area (Å²) < 4.78 is 10.5. The van der Waals surface area contributed by atoms with E-state index in [1.54, 1.807) is 32.4 Å². The Morgan fingerprint density at radius 3 is 2.68 bits per heavy atom. The van der Waals surface area contributed by atoms with Crippen molar-refractivity contribution >= 4 is 24.0 Å². The van der Waals surface area contributed by atoms with Crippen molar-refractivity contribution in [3.8, 4) is 11.5 Å². The van der Waals surface area contributed by atoms with Crippen LogP contribution in [0.3, 0.4) is 0 Å². The van der Waals surface area contributed by atoms with Gasteiger partial charge in [-0.2, -0.15) is 0 Å². The van der Waals surface area contributed by atoms with Gasteiger partial charge >= 0.3 is 0 Å². The van der Waals surface area contributed by atoms with E-state index in [2.05, 4.69) is 5.32 Å². The van der Waals surface area contributed by atoms with E-state index >= 15 is 0 Å². The van der Waals surface area contributed by atoms with E-state index in [0.717, 1.165) is 30.5 Å².